The van der Waals surface area contributed by atoms with Crippen LogP contribution in [0.2, 0.25) is 0 Å². The van der Waals surface area contributed by atoms with Gasteiger partial charge in [0.05, 0.1) is 19.3 Å². The first-order valence-electron chi connectivity index (χ1n) is 9.38. The Kier molecular flexibility index (Phi) is 25.5. The SMILES string of the molecule is CC.CC(O)C(CO)OC1O[C@H]1Oc1ccc(O)cc1.CC[NH-].CNCCO.[U]. The Morgan fingerprint density at radius 2 is 1.69 bits per heavy atom. The number of phenolic OH excluding ortho intramolecular Hbond substituents is 1. The molecule has 3 unspecified atom stereocenters. The summed E-state index contributed by atoms with van der Waals surface area (Å²) in [6, 6.07) is 6.21. The number of aliphatic hydroxyl groups is 3. The molecule has 1 aliphatic rings. The van der Waals surface area contributed by atoms with Gasteiger partial charge in [-0.15, -0.1) is 0 Å². The molecule has 0 amide bonds. The number of rotatable bonds is 8. The molecule has 170 valence electrons. The summed E-state index contributed by atoms with van der Waals surface area (Å²) in [6.07, 6.45) is -2.62. The molecule has 0 radical (unpaired) electrons. The van der Waals surface area contributed by atoms with E-state index in [0.717, 1.165) is 0 Å². The molecule has 29 heavy (non-hydrogen) atoms. The summed E-state index contributed by atoms with van der Waals surface area (Å²) in [5.74, 6) is 0.697. The average Bonchev–Trinajstić information content (AvgIpc) is 3.42. The maximum Gasteiger partial charge on any atom is 0.254 e. The maximum absolute atomic E-state index is 9.29. The number of likely N-dealkylation sites (N-methyl/N-ethyl adjacent to an activating group) is 1. The molecule has 2 rings (SSSR count). The van der Waals surface area contributed by atoms with Crippen molar-refractivity contribution in [2.45, 2.75) is 52.5 Å². The van der Waals surface area contributed by atoms with Crippen molar-refractivity contribution in [3.8, 4) is 11.5 Å². The molecule has 6 N–H and O–H groups in total. The van der Waals surface area contributed by atoms with Crippen molar-refractivity contribution in [3.05, 3.63) is 30.0 Å². The molecule has 1 aromatic carbocycles. The summed E-state index contributed by atoms with van der Waals surface area (Å²) in [4.78, 5) is 0. The minimum atomic E-state index is -0.784. The molecule has 4 atom stereocenters. The molecular formula is C19H37N2O7U-. The zero-order valence-corrected chi connectivity index (χ0v) is 22.1. The van der Waals surface area contributed by atoms with Crippen LogP contribution in [0.25, 0.3) is 5.73 Å². The van der Waals surface area contributed by atoms with Gasteiger partial charge in [0.15, 0.2) is 0 Å². The fraction of sp³-hybridized carbons (Fsp3) is 0.684. The second-order valence-electron chi connectivity index (χ2n) is 5.26. The third kappa shape index (κ3) is 18.1. The predicted octanol–water partition coefficient (Wildman–Crippen LogP) is 1.49. The number of nitrogens with one attached hydrogen (secondary N) is 2. The van der Waals surface area contributed by atoms with E-state index in [4.69, 9.17) is 35.3 Å². The van der Waals surface area contributed by atoms with Crippen molar-refractivity contribution in [1.29, 1.82) is 0 Å². The fourth-order valence-electron chi connectivity index (χ4n) is 1.52. The quantitative estimate of drug-likeness (QED) is 0.268. The Morgan fingerprint density at radius 1 is 1.17 bits per heavy atom. The normalized spacial score (nSPS) is 18.1. The summed E-state index contributed by atoms with van der Waals surface area (Å²) in [7, 11) is 1.80. The van der Waals surface area contributed by atoms with Crippen LogP contribution in [0.4, 0.5) is 0 Å². The van der Waals surface area contributed by atoms with Gasteiger partial charge in [-0.2, -0.15) is 6.54 Å². The van der Waals surface area contributed by atoms with Crippen molar-refractivity contribution in [3.63, 3.8) is 0 Å². The van der Waals surface area contributed by atoms with E-state index in [1.807, 2.05) is 13.8 Å². The summed E-state index contributed by atoms with van der Waals surface area (Å²) in [5, 5.41) is 38.1. The van der Waals surface area contributed by atoms with Crippen LogP contribution in [0, 0.1) is 31.1 Å². The summed E-state index contributed by atoms with van der Waals surface area (Å²) in [5.41, 5.74) is 6.21. The molecule has 9 nitrogen and oxygen atoms in total. The van der Waals surface area contributed by atoms with E-state index in [1.165, 1.54) is 19.1 Å². The van der Waals surface area contributed by atoms with Crippen LogP contribution >= 0.6 is 0 Å². The molecule has 0 bridgehead atoms. The third-order valence-corrected chi connectivity index (χ3v) is 2.89. The van der Waals surface area contributed by atoms with Gasteiger partial charge in [-0.3, -0.25) is 0 Å². The minimum absolute atomic E-state index is 0. The number of aromatic hydroxyl groups is 1. The van der Waals surface area contributed by atoms with Crippen LogP contribution in [-0.4, -0.2) is 78.6 Å². The van der Waals surface area contributed by atoms with Crippen molar-refractivity contribution < 1.29 is 65.7 Å². The van der Waals surface area contributed by atoms with Crippen LogP contribution in [-0.2, 0) is 9.47 Å². The number of epoxide rings is 1. The van der Waals surface area contributed by atoms with E-state index in [2.05, 4.69) is 5.32 Å². The number of phenols is 1. The van der Waals surface area contributed by atoms with Gasteiger partial charge in [0, 0.05) is 37.7 Å². The van der Waals surface area contributed by atoms with E-state index in [-0.39, 0.29) is 50.1 Å². The molecule has 0 spiro atoms. The molecule has 10 heteroatoms. The molecule has 0 aromatic heterocycles. The van der Waals surface area contributed by atoms with Crippen LogP contribution in [0.3, 0.4) is 0 Å². The third-order valence-electron chi connectivity index (χ3n) is 2.89. The van der Waals surface area contributed by atoms with Gasteiger partial charge >= 0.3 is 0 Å². The monoisotopic (exact) mass is 643 g/mol. The second kappa shape index (κ2) is 22.3. The van der Waals surface area contributed by atoms with E-state index in [9.17, 15) is 5.11 Å². The molecule has 1 aromatic rings. The van der Waals surface area contributed by atoms with Gasteiger partial charge in [-0.1, -0.05) is 20.8 Å². The van der Waals surface area contributed by atoms with Crippen molar-refractivity contribution >= 4 is 0 Å². The Balaban J connectivity index is -0.000000522. The molecule has 1 heterocycles. The zero-order chi connectivity index (χ0) is 21.9. The zero-order valence-electron chi connectivity index (χ0n) is 18.0. The minimum Gasteiger partial charge on any atom is -0.678 e. The number of aliphatic hydroxyl groups excluding tert-OH is 3. The fourth-order valence-corrected chi connectivity index (χ4v) is 1.52. The number of ether oxygens (including phenoxy) is 3. The van der Waals surface area contributed by atoms with Gasteiger partial charge in [0.1, 0.15) is 17.6 Å². The predicted molar refractivity (Wildman–Crippen MR) is 108 cm³/mol. The summed E-state index contributed by atoms with van der Waals surface area (Å²) >= 11 is 0. The molecular weight excluding hydrogens is 606 g/mol. The molecule has 0 aliphatic carbocycles. The summed E-state index contributed by atoms with van der Waals surface area (Å²) < 4.78 is 15.8. The smallest absolute Gasteiger partial charge is 0.254 e. The first-order valence-corrected chi connectivity index (χ1v) is 9.38. The van der Waals surface area contributed by atoms with E-state index < -0.39 is 24.8 Å². The Labute approximate surface area is 197 Å². The number of hydrogen-bond acceptors (Lipinski definition) is 8. The molecule has 1 fully saturated rings. The Morgan fingerprint density at radius 3 is 2.03 bits per heavy atom. The topological polar surface area (TPSA) is 148 Å². The average molecular weight is 644 g/mol. The van der Waals surface area contributed by atoms with Crippen LogP contribution in [0.1, 0.15) is 27.7 Å². The maximum atomic E-state index is 9.29. The largest absolute Gasteiger partial charge is 0.678 e. The molecule has 1 saturated heterocycles. The Hall–Kier alpha value is -0.408. The van der Waals surface area contributed by atoms with Crippen LogP contribution in [0.15, 0.2) is 24.3 Å². The number of hydrogen-bond donors (Lipinski definition) is 5. The van der Waals surface area contributed by atoms with E-state index in [0.29, 0.717) is 18.8 Å². The van der Waals surface area contributed by atoms with Crippen molar-refractivity contribution in [2.75, 3.05) is 33.4 Å². The van der Waals surface area contributed by atoms with Crippen LogP contribution in [0.5, 0.6) is 11.5 Å². The molecule has 0 saturated carbocycles. The first-order chi connectivity index (χ1) is 13.4. The van der Waals surface area contributed by atoms with Crippen LogP contribution < -0.4 is 10.1 Å². The van der Waals surface area contributed by atoms with E-state index >= 15 is 0 Å². The summed E-state index contributed by atoms with van der Waals surface area (Å²) in [6.45, 7) is 8.46. The standard InChI is InChI=1S/C12H16O6.C3H9NO.C2H6N.C2H6.U/c1-7(14)10(6-13)17-12-11(18-12)16-9-4-2-8(15)3-5-9;1-4-2-3-5;1-2-3;1-2;/h2-5,7,10-15H,6H2,1H3;4-5H,2-3H2,1H3;3H,2H2,1H3;1-2H3;/q;;-1;;/t7?,10?,11-,12?;;;;/m1..../s1. The van der Waals surface area contributed by atoms with Gasteiger partial charge in [-0.05, 0) is 38.2 Å². The number of benzene rings is 1. The second-order valence-corrected chi connectivity index (χ2v) is 5.26. The van der Waals surface area contributed by atoms with Gasteiger partial charge < -0.3 is 45.7 Å². The van der Waals surface area contributed by atoms with Crippen molar-refractivity contribution in [2.24, 2.45) is 0 Å². The Bertz CT molecular complexity index is 451. The van der Waals surface area contributed by atoms with Gasteiger partial charge in [-0.25, -0.2) is 0 Å². The van der Waals surface area contributed by atoms with Crippen molar-refractivity contribution in [1.82, 2.24) is 5.32 Å². The van der Waals surface area contributed by atoms with Gasteiger partial charge in [0.2, 0.25) is 6.29 Å². The molecule has 1 aliphatic heterocycles. The first kappa shape index (κ1) is 33.2. The van der Waals surface area contributed by atoms with E-state index in [1.54, 1.807) is 26.1 Å². The van der Waals surface area contributed by atoms with Gasteiger partial charge in [0.25, 0.3) is 6.29 Å².